The Bertz CT molecular complexity index is 5250. The average Bonchev–Trinajstić information content (AvgIpc) is 4.16. The van der Waals surface area contributed by atoms with E-state index < -0.39 is 0 Å². The number of hydrogen-bond donors (Lipinski definition) is 0. The van der Waals surface area contributed by atoms with Crippen LogP contribution in [-0.4, -0.2) is 4.98 Å². The van der Waals surface area contributed by atoms with E-state index in [1.54, 1.807) is 0 Å². The predicted molar refractivity (Wildman–Crippen MR) is 317 cm³/mol. The second kappa shape index (κ2) is 14.0. The highest BCUT2D eigenvalue weighted by atomic mass is 14.6. The molecule has 1 aromatic heterocycles. The van der Waals surface area contributed by atoms with Crippen molar-refractivity contribution in [3.8, 4) is 66.8 Å². The van der Waals surface area contributed by atoms with Crippen LogP contribution in [0.5, 0.6) is 0 Å². The molecule has 0 N–H and O–H groups in total. The monoisotopic (exact) mass is 929 g/mol. The summed E-state index contributed by atoms with van der Waals surface area (Å²) in [6, 6.07) is 85.0. The number of hydrogen-bond acceptors (Lipinski definition) is 1. The fourth-order valence-corrected chi connectivity index (χ4v) is 14.6. The topological polar surface area (TPSA) is 12.9 Å². The third-order valence-corrected chi connectivity index (χ3v) is 17.3. The molecule has 0 radical (unpaired) electrons. The zero-order chi connectivity index (χ0) is 47.9. The maximum Gasteiger partial charge on any atom is 0.0273 e. The largest absolute Gasteiger partial charge is 0.265 e. The molecule has 1 aliphatic carbocycles. The first-order valence-electron chi connectivity index (χ1n) is 25.9. The maximum absolute atomic E-state index is 4.42. The van der Waals surface area contributed by atoms with Gasteiger partial charge in [-0.05, 0) is 203 Å². The number of rotatable bonds is 4. The van der Waals surface area contributed by atoms with Crippen molar-refractivity contribution < 1.29 is 0 Å². The molecule has 17 aromatic rings. The van der Waals surface area contributed by atoms with Crippen LogP contribution in [0.25, 0.3) is 185 Å². The highest BCUT2D eigenvalue weighted by Gasteiger charge is 2.34. The Kier molecular flexibility index (Phi) is 7.40. The Balaban J connectivity index is 1.01. The van der Waals surface area contributed by atoms with Crippen molar-refractivity contribution in [3.63, 3.8) is 0 Å². The van der Waals surface area contributed by atoms with Crippen molar-refractivity contribution in [2.75, 3.05) is 0 Å². The van der Waals surface area contributed by atoms with Crippen molar-refractivity contribution in [2.24, 2.45) is 0 Å². The highest BCUT2D eigenvalue weighted by molar-refractivity contribution is 6.53. The van der Waals surface area contributed by atoms with Crippen molar-refractivity contribution in [3.05, 3.63) is 237 Å². The van der Waals surface area contributed by atoms with Gasteiger partial charge >= 0.3 is 0 Å². The summed E-state index contributed by atoms with van der Waals surface area (Å²) in [7, 11) is 0. The quantitative estimate of drug-likeness (QED) is 0.127. The molecule has 0 atom stereocenters. The molecule has 1 heterocycles. The van der Waals surface area contributed by atoms with Crippen LogP contribution in [0.4, 0.5) is 0 Å². The minimum Gasteiger partial charge on any atom is -0.265 e. The van der Waals surface area contributed by atoms with E-state index in [2.05, 4.69) is 229 Å². The Morgan fingerprint density at radius 3 is 1.28 bits per heavy atom. The van der Waals surface area contributed by atoms with Gasteiger partial charge in [-0.15, -0.1) is 0 Å². The molecule has 0 amide bonds. The molecule has 0 saturated heterocycles. The summed E-state index contributed by atoms with van der Waals surface area (Å²) >= 11 is 0. The van der Waals surface area contributed by atoms with Crippen LogP contribution in [0.15, 0.2) is 237 Å². The molecule has 1 nitrogen and oxygen atoms in total. The zero-order valence-electron chi connectivity index (χ0n) is 40.0. The van der Waals surface area contributed by atoms with E-state index >= 15 is 0 Å². The first-order chi connectivity index (χ1) is 36.8. The Morgan fingerprint density at radius 1 is 0.189 bits per heavy atom. The first kappa shape index (κ1) is 39.0. The van der Waals surface area contributed by atoms with Crippen LogP contribution in [0.2, 0.25) is 0 Å². The van der Waals surface area contributed by atoms with Gasteiger partial charge in [0.05, 0.1) is 0 Å². The first-order valence-corrected chi connectivity index (χ1v) is 25.9. The highest BCUT2D eigenvalue weighted by Crippen LogP contribution is 2.62. The smallest absolute Gasteiger partial charge is 0.0273 e. The molecular weight excluding hydrogens is 891 g/mol. The lowest BCUT2D eigenvalue weighted by Crippen LogP contribution is -1.95. The van der Waals surface area contributed by atoms with Crippen LogP contribution in [0.1, 0.15) is 0 Å². The van der Waals surface area contributed by atoms with E-state index in [-0.39, 0.29) is 0 Å². The SMILES string of the molecule is c1ccc(-c2c3c(c(-c4ccccc4-c4ccncc4)c4ccccc24)-c2ccc4c5ccc6c7c(ccc(c8ccc-3c2c84)c57)c2c(-c3ccccc3)c3cc4ccccc4c4c5ccccc5c(c62)c34)cc1. The fraction of sp³-hybridized carbons (Fsp3) is 0. The summed E-state index contributed by atoms with van der Waals surface area (Å²) in [5.74, 6) is 0. The third kappa shape index (κ3) is 4.74. The van der Waals surface area contributed by atoms with Gasteiger partial charge in [-0.1, -0.05) is 206 Å². The summed E-state index contributed by atoms with van der Waals surface area (Å²) in [5.41, 5.74) is 15.2. The molecule has 16 aromatic carbocycles. The molecule has 74 heavy (non-hydrogen) atoms. The lowest BCUT2D eigenvalue weighted by Gasteiger charge is -2.22. The zero-order valence-corrected chi connectivity index (χ0v) is 40.0. The number of aromatic nitrogens is 1. The summed E-state index contributed by atoms with van der Waals surface area (Å²) in [6.07, 6.45) is 3.82. The van der Waals surface area contributed by atoms with Gasteiger partial charge in [0.1, 0.15) is 0 Å². The lowest BCUT2D eigenvalue weighted by molar-refractivity contribution is 1.33. The molecule has 0 fully saturated rings. The predicted octanol–water partition coefficient (Wildman–Crippen LogP) is 20.4. The van der Waals surface area contributed by atoms with Gasteiger partial charge in [0.15, 0.2) is 0 Å². The minimum atomic E-state index is 1.16. The number of fused-ring (bicyclic) bond motifs is 15. The number of pyridine rings is 1. The van der Waals surface area contributed by atoms with Crippen LogP contribution >= 0.6 is 0 Å². The standard InChI is InChI=1S/C73H39N/c1-3-15-41(16-4-1)60-47-23-11-12-24-48(47)65(46-22-10-9-20-44(46)40-35-37-74-38-36-40)71-57-33-29-53-54-30-34-58-67-56(32-28-52(64(54)67)51-27-31-55(69(60)71)66(57)63(51)53)70-61(42-17-5-2-6-18-42)59-39-43-19-7-8-21-45(43)62-49-25-13-14-26-50(49)68(72(58)70)73(59)62/h1-39H. The summed E-state index contributed by atoms with van der Waals surface area (Å²) in [5, 5.41) is 29.2. The summed E-state index contributed by atoms with van der Waals surface area (Å²) in [4.78, 5) is 4.42. The van der Waals surface area contributed by atoms with E-state index in [1.807, 2.05) is 12.4 Å². The van der Waals surface area contributed by atoms with E-state index in [0.717, 1.165) is 5.56 Å². The van der Waals surface area contributed by atoms with Gasteiger partial charge in [0.2, 0.25) is 0 Å². The van der Waals surface area contributed by atoms with Crippen molar-refractivity contribution in [1.29, 1.82) is 0 Å². The molecule has 1 heteroatoms. The van der Waals surface area contributed by atoms with Gasteiger partial charge in [-0.3, -0.25) is 4.98 Å². The van der Waals surface area contributed by atoms with Gasteiger partial charge < -0.3 is 0 Å². The second-order valence-electron chi connectivity index (χ2n) is 20.6. The lowest BCUT2D eigenvalue weighted by atomic mass is 9.81. The van der Waals surface area contributed by atoms with Crippen molar-refractivity contribution in [1.82, 2.24) is 4.98 Å². The molecule has 0 spiro atoms. The number of nitrogens with zero attached hydrogens (tertiary/aromatic N) is 1. The molecule has 0 aliphatic heterocycles. The van der Waals surface area contributed by atoms with E-state index in [0.29, 0.717) is 0 Å². The average molecular weight is 930 g/mol. The Hall–Kier alpha value is -9.69. The molecule has 1 aliphatic rings. The molecule has 336 valence electrons. The van der Waals surface area contributed by atoms with Crippen molar-refractivity contribution in [2.45, 2.75) is 0 Å². The third-order valence-electron chi connectivity index (χ3n) is 17.3. The van der Waals surface area contributed by atoms with Crippen LogP contribution in [0, 0.1) is 0 Å². The Morgan fingerprint density at radius 2 is 0.608 bits per heavy atom. The van der Waals surface area contributed by atoms with Crippen LogP contribution in [-0.2, 0) is 0 Å². The van der Waals surface area contributed by atoms with Crippen molar-refractivity contribution >= 4 is 118 Å². The van der Waals surface area contributed by atoms with Crippen LogP contribution in [0.3, 0.4) is 0 Å². The van der Waals surface area contributed by atoms with Gasteiger partial charge in [-0.2, -0.15) is 0 Å². The minimum absolute atomic E-state index is 1.16. The fourth-order valence-electron chi connectivity index (χ4n) is 14.6. The maximum atomic E-state index is 4.42. The van der Waals surface area contributed by atoms with Gasteiger partial charge in [0.25, 0.3) is 0 Å². The van der Waals surface area contributed by atoms with E-state index in [1.165, 1.54) is 180 Å². The second-order valence-corrected chi connectivity index (χ2v) is 20.6. The molecule has 0 saturated carbocycles. The summed E-state index contributed by atoms with van der Waals surface area (Å²) < 4.78 is 0. The normalized spacial score (nSPS) is 12.6. The molecule has 0 unspecified atom stereocenters. The van der Waals surface area contributed by atoms with E-state index in [9.17, 15) is 0 Å². The Labute approximate surface area is 424 Å². The molecule has 0 bridgehead atoms. The molecule has 18 rings (SSSR count). The van der Waals surface area contributed by atoms with E-state index in [4.69, 9.17) is 0 Å². The number of benzene rings is 14. The van der Waals surface area contributed by atoms with Crippen LogP contribution < -0.4 is 0 Å². The molecular formula is C73H39N. The van der Waals surface area contributed by atoms with Gasteiger partial charge in [-0.25, -0.2) is 0 Å². The summed E-state index contributed by atoms with van der Waals surface area (Å²) in [6.45, 7) is 0. The van der Waals surface area contributed by atoms with Gasteiger partial charge in [0, 0.05) is 12.4 Å².